The third-order valence-electron chi connectivity index (χ3n) is 5.15. The standard InChI is InChI=1S/C22H21F3N6O/c23-22(24,25)17-4-1-5-18(11-17)29-21(32)14-30-7-9-31(10-8-30)20-12-19(27-15-28-20)16-3-2-6-26-13-16/h1-6,11-13,15H,7-10,14H2,(H,29,32). The first-order valence-corrected chi connectivity index (χ1v) is 10.1. The minimum atomic E-state index is -4.45. The van der Waals surface area contributed by atoms with Crippen LogP contribution in [0.15, 0.2) is 61.2 Å². The highest BCUT2D eigenvalue weighted by molar-refractivity contribution is 5.92. The van der Waals surface area contributed by atoms with Crippen LogP contribution in [0.5, 0.6) is 0 Å². The minimum Gasteiger partial charge on any atom is -0.354 e. The van der Waals surface area contributed by atoms with Crippen LogP contribution in [0.2, 0.25) is 0 Å². The van der Waals surface area contributed by atoms with E-state index in [1.54, 1.807) is 12.4 Å². The van der Waals surface area contributed by atoms with Crippen LogP contribution in [0.25, 0.3) is 11.3 Å². The summed E-state index contributed by atoms with van der Waals surface area (Å²) in [5.41, 5.74) is 1.03. The van der Waals surface area contributed by atoms with Gasteiger partial charge < -0.3 is 10.2 Å². The first kappa shape index (κ1) is 21.7. The fraction of sp³-hybridized carbons (Fsp3) is 0.273. The molecule has 1 aliphatic rings. The van der Waals surface area contributed by atoms with E-state index < -0.39 is 11.7 Å². The number of benzene rings is 1. The summed E-state index contributed by atoms with van der Waals surface area (Å²) in [6, 6.07) is 10.3. The molecule has 1 fully saturated rings. The topological polar surface area (TPSA) is 74.2 Å². The number of piperazine rings is 1. The van der Waals surface area contributed by atoms with Crippen molar-refractivity contribution in [3.63, 3.8) is 0 Å². The van der Waals surface area contributed by atoms with Gasteiger partial charge in [0.05, 0.1) is 17.8 Å². The lowest BCUT2D eigenvalue weighted by Gasteiger charge is -2.35. The van der Waals surface area contributed by atoms with Crippen LogP contribution in [-0.2, 0) is 11.0 Å². The summed E-state index contributed by atoms with van der Waals surface area (Å²) in [7, 11) is 0. The van der Waals surface area contributed by atoms with Crippen LogP contribution >= 0.6 is 0 Å². The zero-order valence-corrected chi connectivity index (χ0v) is 17.1. The molecule has 0 aliphatic carbocycles. The average molecular weight is 442 g/mol. The molecule has 0 spiro atoms. The van der Waals surface area contributed by atoms with Crippen molar-refractivity contribution in [3.05, 3.63) is 66.7 Å². The van der Waals surface area contributed by atoms with Crippen molar-refractivity contribution in [2.24, 2.45) is 0 Å². The van der Waals surface area contributed by atoms with Crippen molar-refractivity contribution in [1.82, 2.24) is 19.9 Å². The molecule has 0 saturated carbocycles. The molecule has 1 aliphatic heterocycles. The molecule has 0 radical (unpaired) electrons. The molecule has 0 unspecified atom stereocenters. The van der Waals surface area contributed by atoms with Crippen molar-refractivity contribution in [3.8, 4) is 11.3 Å². The van der Waals surface area contributed by atoms with Crippen LogP contribution in [-0.4, -0.2) is 58.5 Å². The molecule has 1 aromatic carbocycles. The molecule has 3 heterocycles. The van der Waals surface area contributed by atoms with Crippen LogP contribution in [0.1, 0.15) is 5.56 Å². The highest BCUT2D eigenvalue weighted by Crippen LogP contribution is 2.30. The highest BCUT2D eigenvalue weighted by atomic mass is 19.4. The molecule has 10 heteroatoms. The molecule has 4 rings (SSSR count). The zero-order chi connectivity index (χ0) is 22.6. The Morgan fingerprint density at radius 1 is 1.03 bits per heavy atom. The number of aromatic nitrogens is 3. The van der Waals surface area contributed by atoms with Gasteiger partial charge in [-0.05, 0) is 30.3 Å². The summed E-state index contributed by atoms with van der Waals surface area (Å²) >= 11 is 0. The van der Waals surface area contributed by atoms with Gasteiger partial charge in [0, 0.05) is 55.9 Å². The van der Waals surface area contributed by atoms with Crippen molar-refractivity contribution in [2.45, 2.75) is 6.18 Å². The molecule has 1 amide bonds. The fourth-order valence-corrected chi connectivity index (χ4v) is 3.50. The van der Waals surface area contributed by atoms with E-state index in [2.05, 4.69) is 25.2 Å². The number of anilines is 2. The van der Waals surface area contributed by atoms with Gasteiger partial charge in [0.1, 0.15) is 12.1 Å². The summed E-state index contributed by atoms with van der Waals surface area (Å²) in [6.07, 6.45) is 0.516. The van der Waals surface area contributed by atoms with Gasteiger partial charge in [-0.25, -0.2) is 9.97 Å². The molecular weight excluding hydrogens is 421 g/mol. The molecule has 7 nitrogen and oxygen atoms in total. The number of rotatable bonds is 5. The number of halogens is 3. The van der Waals surface area contributed by atoms with Gasteiger partial charge in [0.15, 0.2) is 0 Å². The Morgan fingerprint density at radius 3 is 2.56 bits per heavy atom. The predicted molar refractivity (Wildman–Crippen MR) is 114 cm³/mol. The SMILES string of the molecule is O=C(CN1CCN(c2cc(-c3cccnc3)ncn2)CC1)Nc1cccc(C(F)(F)F)c1. The Bertz CT molecular complexity index is 1070. The third kappa shape index (κ3) is 5.38. The molecule has 0 atom stereocenters. The maximum Gasteiger partial charge on any atom is 0.416 e. The lowest BCUT2D eigenvalue weighted by atomic mass is 10.2. The number of alkyl halides is 3. The number of nitrogens with zero attached hydrogens (tertiary/aromatic N) is 5. The molecular formula is C22H21F3N6O. The van der Waals surface area contributed by atoms with Crippen molar-refractivity contribution < 1.29 is 18.0 Å². The second-order valence-electron chi connectivity index (χ2n) is 7.39. The van der Waals surface area contributed by atoms with E-state index in [-0.39, 0.29) is 18.1 Å². The predicted octanol–water partition coefficient (Wildman–Crippen LogP) is 3.32. The average Bonchev–Trinajstić information content (AvgIpc) is 2.80. The number of carbonyl (C=O) groups is 1. The highest BCUT2D eigenvalue weighted by Gasteiger charge is 2.30. The summed E-state index contributed by atoms with van der Waals surface area (Å²) in [5.74, 6) is 0.450. The monoisotopic (exact) mass is 442 g/mol. The van der Waals surface area contributed by atoms with E-state index in [0.717, 1.165) is 29.2 Å². The Balaban J connectivity index is 1.31. The van der Waals surface area contributed by atoms with Gasteiger partial charge in [-0.3, -0.25) is 14.7 Å². The number of carbonyl (C=O) groups excluding carboxylic acids is 1. The van der Waals surface area contributed by atoms with Gasteiger partial charge in [0.25, 0.3) is 0 Å². The van der Waals surface area contributed by atoms with Crippen molar-refractivity contribution in [1.29, 1.82) is 0 Å². The normalized spacial score (nSPS) is 14.9. The number of hydrogen-bond acceptors (Lipinski definition) is 6. The van der Waals surface area contributed by atoms with Crippen LogP contribution in [0.4, 0.5) is 24.7 Å². The van der Waals surface area contributed by atoms with E-state index in [0.29, 0.717) is 26.2 Å². The maximum atomic E-state index is 12.8. The van der Waals surface area contributed by atoms with E-state index in [9.17, 15) is 18.0 Å². The Kier molecular flexibility index (Phi) is 6.31. The maximum absolute atomic E-state index is 12.8. The summed E-state index contributed by atoms with van der Waals surface area (Å²) < 4.78 is 38.5. The summed E-state index contributed by atoms with van der Waals surface area (Å²) in [5, 5.41) is 2.55. The van der Waals surface area contributed by atoms with E-state index in [1.807, 2.05) is 23.1 Å². The molecule has 1 N–H and O–H groups in total. The Labute approximate surface area is 182 Å². The van der Waals surface area contributed by atoms with Crippen LogP contribution in [0, 0.1) is 0 Å². The third-order valence-corrected chi connectivity index (χ3v) is 5.15. The van der Waals surface area contributed by atoms with Crippen molar-refractivity contribution >= 4 is 17.4 Å². The fourth-order valence-electron chi connectivity index (χ4n) is 3.50. The second kappa shape index (κ2) is 9.31. The van der Waals surface area contributed by atoms with Crippen LogP contribution < -0.4 is 10.2 Å². The summed E-state index contributed by atoms with van der Waals surface area (Å²) in [4.78, 5) is 29.2. The van der Waals surface area contributed by atoms with Gasteiger partial charge in [-0.2, -0.15) is 13.2 Å². The zero-order valence-electron chi connectivity index (χ0n) is 17.1. The minimum absolute atomic E-state index is 0.106. The molecule has 3 aromatic rings. The lowest BCUT2D eigenvalue weighted by Crippen LogP contribution is -2.49. The van der Waals surface area contributed by atoms with Gasteiger partial charge in [-0.1, -0.05) is 6.07 Å². The second-order valence-corrected chi connectivity index (χ2v) is 7.39. The Hall–Kier alpha value is -3.53. The molecule has 0 bridgehead atoms. The quantitative estimate of drug-likeness (QED) is 0.654. The molecule has 32 heavy (non-hydrogen) atoms. The largest absolute Gasteiger partial charge is 0.416 e. The first-order chi connectivity index (χ1) is 15.4. The van der Waals surface area contributed by atoms with Gasteiger partial charge in [0.2, 0.25) is 5.91 Å². The Morgan fingerprint density at radius 2 is 1.84 bits per heavy atom. The van der Waals surface area contributed by atoms with Gasteiger partial charge >= 0.3 is 6.18 Å². The number of amides is 1. The van der Waals surface area contributed by atoms with Gasteiger partial charge in [-0.15, -0.1) is 0 Å². The van der Waals surface area contributed by atoms with Crippen molar-refractivity contribution in [2.75, 3.05) is 42.9 Å². The number of hydrogen-bond donors (Lipinski definition) is 1. The smallest absolute Gasteiger partial charge is 0.354 e. The van der Waals surface area contributed by atoms with E-state index in [1.165, 1.54) is 18.5 Å². The lowest BCUT2D eigenvalue weighted by molar-refractivity contribution is -0.137. The molecule has 2 aromatic heterocycles. The number of pyridine rings is 1. The van der Waals surface area contributed by atoms with Crippen LogP contribution in [0.3, 0.4) is 0 Å². The summed E-state index contributed by atoms with van der Waals surface area (Å²) in [6.45, 7) is 2.69. The number of nitrogens with one attached hydrogen (secondary N) is 1. The molecule has 166 valence electrons. The molecule has 1 saturated heterocycles. The van der Waals surface area contributed by atoms with E-state index in [4.69, 9.17) is 0 Å². The van der Waals surface area contributed by atoms with E-state index >= 15 is 0 Å². The first-order valence-electron chi connectivity index (χ1n) is 10.1.